The third kappa shape index (κ3) is 1.38. The molecule has 0 aliphatic carbocycles. The first-order chi connectivity index (χ1) is 9.65. The third-order valence-electron chi connectivity index (χ3n) is 5.18. The highest BCUT2D eigenvalue weighted by atomic mass is 16.2. The van der Waals surface area contributed by atoms with Crippen LogP contribution in [0, 0.1) is 0 Å². The average molecular weight is 268 g/mol. The summed E-state index contributed by atoms with van der Waals surface area (Å²) in [6.07, 6.45) is 7.19. The molecule has 0 aromatic carbocycles. The maximum atomic E-state index is 12.9. The van der Waals surface area contributed by atoms with Crippen molar-refractivity contribution in [3.05, 3.63) is 23.4 Å². The molecule has 0 aromatic rings. The Balaban J connectivity index is 1.84. The van der Waals surface area contributed by atoms with Gasteiger partial charge in [-0.1, -0.05) is 12.9 Å². The summed E-state index contributed by atoms with van der Waals surface area (Å²) in [6, 6.07) is 0.268. The highest BCUT2D eigenvalue weighted by molar-refractivity contribution is 6.56. The summed E-state index contributed by atoms with van der Waals surface area (Å²) in [7, 11) is 2.05. The second-order valence-electron chi connectivity index (χ2n) is 6.39. The number of carbonyl (C=O) groups is 1. The number of amides is 1. The summed E-state index contributed by atoms with van der Waals surface area (Å²) in [5.74, 6) is 0.210. The molecule has 0 N–H and O–H groups in total. The summed E-state index contributed by atoms with van der Waals surface area (Å²) in [5.41, 5.74) is 3.04. The maximum absolute atomic E-state index is 12.9. The van der Waals surface area contributed by atoms with Crippen molar-refractivity contribution < 1.29 is 4.79 Å². The highest BCUT2D eigenvalue weighted by Crippen LogP contribution is 2.42. The Morgan fingerprint density at radius 1 is 1.50 bits per heavy atom. The minimum Gasteiger partial charge on any atom is -0.356 e. The highest BCUT2D eigenvalue weighted by Gasteiger charge is 2.52. The van der Waals surface area contributed by atoms with Gasteiger partial charge in [0, 0.05) is 19.3 Å². The number of rotatable bonds is 1. The van der Waals surface area contributed by atoms with E-state index in [0.29, 0.717) is 0 Å². The van der Waals surface area contributed by atoms with Crippen molar-refractivity contribution in [2.75, 3.05) is 13.1 Å². The van der Waals surface area contributed by atoms with Crippen LogP contribution < -0.4 is 0 Å². The number of piperazine rings is 1. The van der Waals surface area contributed by atoms with E-state index in [4.69, 9.17) is 0 Å². The molecule has 2 atom stereocenters. The lowest BCUT2D eigenvalue weighted by Crippen LogP contribution is -2.60. The molecule has 1 radical (unpaired) electrons. The monoisotopic (exact) mass is 268 g/mol. The molecule has 1 unspecified atom stereocenters. The molecular weight excluding hydrogens is 249 g/mol. The van der Waals surface area contributed by atoms with Crippen molar-refractivity contribution in [3.8, 4) is 0 Å². The fourth-order valence-electron chi connectivity index (χ4n) is 4.22. The molecule has 5 heteroatoms. The Morgan fingerprint density at radius 2 is 2.35 bits per heavy atom. The van der Waals surface area contributed by atoms with Crippen molar-refractivity contribution in [2.45, 2.75) is 44.6 Å². The van der Waals surface area contributed by atoms with Gasteiger partial charge in [0.05, 0.1) is 23.0 Å². The molecule has 4 nitrogen and oxygen atoms in total. The van der Waals surface area contributed by atoms with E-state index >= 15 is 0 Å². The van der Waals surface area contributed by atoms with E-state index in [2.05, 4.69) is 35.1 Å². The Bertz CT molecular complexity index is 580. The van der Waals surface area contributed by atoms with E-state index < -0.39 is 0 Å². The van der Waals surface area contributed by atoms with Crippen molar-refractivity contribution in [3.63, 3.8) is 0 Å². The lowest BCUT2D eigenvalue weighted by atomic mass is 9.68. The van der Waals surface area contributed by atoms with E-state index in [1.54, 1.807) is 0 Å². The van der Waals surface area contributed by atoms with Crippen LogP contribution in [-0.2, 0) is 4.79 Å². The lowest BCUT2D eigenvalue weighted by molar-refractivity contribution is -0.137. The first-order valence-electron chi connectivity index (χ1n) is 7.51. The van der Waals surface area contributed by atoms with Gasteiger partial charge in [-0.3, -0.25) is 9.79 Å². The van der Waals surface area contributed by atoms with Crippen LogP contribution in [0.1, 0.15) is 26.2 Å². The van der Waals surface area contributed by atoms with Crippen LogP contribution in [-0.4, -0.2) is 53.4 Å². The predicted molar refractivity (Wildman–Crippen MR) is 79.7 cm³/mol. The van der Waals surface area contributed by atoms with Gasteiger partial charge in [0.2, 0.25) is 0 Å². The minimum atomic E-state index is 0.00997. The standard InChI is InChI=1S/C15H19BN3O/c1-15-6-4-8-19(15)14(20)13-11(16-2)12-10(18(13)9-15)5-3-7-17-12/h3,7,10H,4-6,8-9H2,1-2H3/t10?,15-/m1/s1. The molecular formula is C15H19BN3O. The molecule has 103 valence electrons. The second-order valence-corrected chi connectivity index (χ2v) is 6.39. The topological polar surface area (TPSA) is 35.9 Å². The second kappa shape index (κ2) is 4.00. The molecule has 0 spiro atoms. The Morgan fingerprint density at radius 3 is 3.15 bits per heavy atom. The van der Waals surface area contributed by atoms with Gasteiger partial charge in [-0.2, -0.15) is 0 Å². The van der Waals surface area contributed by atoms with E-state index in [-0.39, 0.29) is 17.5 Å². The van der Waals surface area contributed by atoms with E-state index in [9.17, 15) is 4.79 Å². The van der Waals surface area contributed by atoms with Gasteiger partial charge in [-0.05, 0) is 31.7 Å². The Hall–Kier alpha value is -1.52. The predicted octanol–water partition coefficient (Wildman–Crippen LogP) is 1.39. The SMILES string of the molecule is C[B]C1=C2C(=O)N3CCC[C@]3(C)CN2C2CC=CN=C12. The first kappa shape index (κ1) is 12.2. The van der Waals surface area contributed by atoms with Gasteiger partial charge in [0.1, 0.15) is 0 Å². The summed E-state index contributed by atoms with van der Waals surface area (Å²) in [6.45, 7) is 6.09. The van der Waals surface area contributed by atoms with Crippen LogP contribution in [0.15, 0.2) is 28.4 Å². The van der Waals surface area contributed by atoms with Crippen LogP contribution in [0.5, 0.6) is 0 Å². The van der Waals surface area contributed by atoms with Gasteiger partial charge >= 0.3 is 0 Å². The zero-order valence-electron chi connectivity index (χ0n) is 12.1. The van der Waals surface area contributed by atoms with Crippen LogP contribution in [0.3, 0.4) is 0 Å². The number of fused-ring (bicyclic) bond motifs is 4. The Labute approximate surface area is 120 Å². The zero-order chi connectivity index (χ0) is 13.9. The van der Waals surface area contributed by atoms with Gasteiger partial charge in [0.15, 0.2) is 7.28 Å². The fraction of sp³-hybridized carbons (Fsp3) is 0.600. The van der Waals surface area contributed by atoms with Gasteiger partial charge < -0.3 is 9.80 Å². The number of carbonyl (C=O) groups excluding carboxylic acids is 1. The number of hydrogen-bond acceptors (Lipinski definition) is 3. The van der Waals surface area contributed by atoms with E-state index in [0.717, 1.165) is 49.2 Å². The van der Waals surface area contributed by atoms with Gasteiger partial charge in [-0.15, -0.1) is 0 Å². The first-order valence-corrected chi connectivity index (χ1v) is 7.51. The lowest BCUT2D eigenvalue weighted by Gasteiger charge is -2.47. The molecule has 2 fully saturated rings. The van der Waals surface area contributed by atoms with Crippen LogP contribution in [0.4, 0.5) is 0 Å². The summed E-state index contributed by atoms with van der Waals surface area (Å²) in [5, 5.41) is 0. The molecule has 4 aliphatic heterocycles. The van der Waals surface area contributed by atoms with Gasteiger partial charge in [0.25, 0.3) is 5.91 Å². The molecule has 4 heterocycles. The summed E-state index contributed by atoms with van der Waals surface area (Å²) < 4.78 is 0. The number of nitrogens with zero attached hydrogens (tertiary/aromatic N) is 3. The van der Waals surface area contributed by atoms with Crippen molar-refractivity contribution in [2.24, 2.45) is 4.99 Å². The van der Waals surface area contributed by atoms with E-state index in [1.165, 1.54) is 0 Å². The minimum absolute atomic E-state index is 0.00997. The van der Waals surface area contributed by atoms with Crippen LogP contribution >= 0.6 is 0 Å². The molecule has 0 aromatic heterocycles. The van der Waals surface area contributed by atoms with E-state index in [1.807, 2.05) is 13.0 Å². The normalized spacial score (nSPS) is 35.0. The fourth-order valence-corrected chi connectivity index (χ4v) is 4.22. The van der Waals surface area contributed by atoms with Crippen LogP contribution in [0.2, 0.25) is 6.82 Å². The Kier molecular flexibility index (Phi) is 2.45. The molecule has 0 saturated carbocycles. The summed E-state index contributed by atoms with van der Waals surface area (Å²) >= 11 is 0. The molecule has 0 bridgehead atoms. The van der Waals surface area contributed by atoms with Crippen molar-refractivity contribution in [1.82, 2.24) is 9.80 Å². The molecule has 1 amide bonds. The molecule has 4 aliphatic rings. The largest absolute Gasteiger partial charge is 0.356 e. The van der Waals surface area contributed by atoms with Gasteiger partial charge in [-0.25, -0.2) is 0 Å². The van der Waals surface area contributed by atoms with Crippen LogP contribution in [0.25, 0.3) is 0 Å². The maximum Gasteiger partial charge on any atom is 0.270 e. The average Bonchev–Trinajstić information content (AvgIpc) is 2.98. The number of hydrogen-bond donors (Lipinski definition) is 0. The third-order valence-corrected chi connectivity index (χ3v) is 5.18. The quantitative estimate of drug-likeness (QED) is 0.674. The smallest absolute Gasteiger partial charge is 0.270 e. The molecule has 2 saturated heterocycles. The molecule has 4 rings (SSSR count). The van der Waals surface area contributed by atoms with Crippen molar-refractivity contribution in [1.29, 1.82) is 0 Å². The van der Waals surface area contributed by atoms with Crippen molar-refractivity contribution >= 4 is 18.9 Å². The number of aliphatic imine (C=N–C) groups is 1. The molecule has 20 heavy (non-hydrogen) atoms. The summed E-state index contributed by atoms with van der Waals surface area (Å²) in [4.78, 5) is 21.9. The zero-order valence-corrected chi connectivity index (χ0v) is 12.1.